The molecule has 0 atom stereocenters. The second-order valence-corrected chi connectivity index (χ2v) is 3.45. The molecule has 0 aliphatic rings. The van der Waals surface area contributed by atoms with E-state index in [2.05, 4.69) is 20.3 Å². The van der Waals surface area contributed by atoms with E-state index in [-0.39, 0.29) is 5.69 Å². The van der Waals surface area contributed by atoms with E-state index in [1.165, 1.54) is 11.0 Å². The first-order chi connectivity index (χ1) is 8.24. The van der Waals surface area contributed by atoms with Gasteiger partial charge in [0.2, 0.25) is 0 Å². The van der Waals surface area contributed by atoms with Crippen molar-refractivity contribution in [3.63, 3.8) is 0 Å². The number of aromatic carboxylic acids is 1. The summed E-state index contributed by atoms with van der Waals surface area (Å²) >= 11 is 0. The number of hydrogen-bond acceptors (Lipinski definition) is 5. The summed E-state index contributed by atoms with van der Waals surface area (Å²) in [5, 5.41) is 16.5. The van der Waals surface area contributed by atoms with Crippen molar-refractivity contribution in [2.24, 2.45) is 0 Å². The summed E-state index contributed by atoms with van der Waals surface area (Å²) in [5.74, 6) is -1.07. The topological polar surface area (TPSA) is 93.8 Å². The van der Waals surface area contributed by atoms with E-state index < -0.39 is 5.97 Å². The highest BCUT2D eigenvalue weighted by molar-refractivity contribution is 5.86. The van der Waals surface area contributed by atoms with Gasteiger partial charge in [-0.3, -0.25) is 0 Å². The average molecular weight is 233 g/mol. The number of hydrogen-bond donors (Lipinski definition) is 1. The molecule has 0 saturated carbocycles. The summed E-state index contributed by atoms with van der Waals surface area (Å²) in [7, 11) is 0. The lowest BCUT2D eigenvalue weighted by molar-refractivity contribution is 0.0689. The molecular weight excluding hydrogens is 222 g/mol. The molecule has 0 fully saturated rings. The van der Waals surface area contributed by atoms with Gasteiger partial charge in [0.15, 0.2) is 5.69 Å². The molecule has 88 valence electrons. The van der Waals surface area contributed by atoms with Crippen LogP contribution in [0.4, 0.5) is 0 Å². The van der Waals surface area contributed by atoms with Gasteiger partial charge in [0.25, 0.3) is 0 Å². The van der Waals surface area contributed by atoms with E-state index >= 15 is 0 Å². The second kappa shape index (κ2) is 4.69. The summed E-state index contributed by atoms with van der Waals surface area (Å²) in [6.45, 7) is 1.96. The number of aromatic nitrogens is 5. The summed E-state index contributed by atoms with van der Waals surface area (Å²) in [5.41, 5.74) is 1.15. The molecule has 0 aromatic carbocycles. The first-order valence-electron chi connectivity index (χ1n) is 5.17. The number of carbonyl (C=O) groups is 1. The van der Waals surface area contributed by atoms with Gasteiger partial charge in [0, 0.05) is 0 Å². The van der Waals surface area contributed by atoms with Crippen LogP contribution in [0, 0.1) is 0 Å². The molecule has 1 N–H and O–H groups in total. The predicted octanol–water partition coefficient (Wildman–Crippen LogP) is 0.708. The molecule has 0 amide bonds. The van der Waals surface area contributed by atoms with Crippen LogP contribution in [0.2, 0.25) is 0 Å². The van der Waals surface area contributed by atoms with Gasteiger partial charge in [-0.05, 0) is 6.42 Å². The summed E-state index contributed by atoms with van der Waals surface area (Å²) in [4.78, 5) is 18.7. The SMILES string of the molecule is CCCc1c(C(=O)O)nnn1-c1cncnc1. The van der Waals surface area contributed by atoms with Crippen LogP contribution in [-0.4, -0.2) is 36.0 Å². The minimum atomic E-state index is -1.07. The van der Waals surface area contributed by atoms with Crippen molar-refractivity contribution in [2.45, 2.75) is 19.8 Å². The Hall–Kier alpha value is -2.31. The van der Waals surface area contributed by atoms with Crippen molar-refractivity contribution in [3.05, 3.63) is 30.1 Å². The Labute approximate surface area is 97.1 Å². The first-order valence-corrected chi connectivity index (χ1v) is 5.17. The van der Waals surface area contributed by atoms with E-state index in [4.69, 9.17) is 5.11 Å². The Morgan fingerprint density at radius 2 is 2.12 bits per heavy atom. The minimum Gasteiger partial charge on any atom is -0.476 e. The van der Waals surface area contributed by atoms with Crippen LogP contribution in [0.3, 0.4) is 0 Å². The molecule has 2 aromatic rings. The Bertz CT molecular complexity index is 523. The standard InChI is InChI=1S/C10H11N5O2/c1-2-3-8-9(10(16)17)13-14-15(8)7-4-11-6-12-5-7/h4-6H,2-3H2,1H3,(H,16,17). The van der Waals surface area contributed by atoms with Crippen LogP contribution in [0.25, 0.3) is 5.69 Å². The summed E-state index contributed by atoms with van der Waals surface area (Å²) < 4.78 is 1.47. The molecule has 0 radical (unpaired) electrons. The lowest BCUT2D eigenvalue weighted by atomic mass is 10.2. The Balaban J connectivity index is 2.51. The third-order valence-corrected chi connectivity index (χ3v) is 2.24. The number of rotatable bonds is 4. The fourth-order valence-electron chi connectivity index (χ4n) is 1.54. The fraction of sp³-hybridized carbons (Fsp3) is 0.300. The molecular formula is C10H11N5O2. The monoisotopic (exact) mass is 233 g/mol. The van der Waals surface area contributed by atoms with E-state index in [0.717, 1.165) is 6.42 Å². The van der Waals surface area contributed by atoms with Crippen molar-refractivity contribution in [1.82, 2.24) is 25.0 Å². The van der Waals surface area contributed by atoms with Crippen LogP contribution in [0.5, 0.6) is 0 Å². The molecule has 0 spiro atoms. The first kappa shape index (κ1) is 11.2. The van der Waals surface area contributed by atoms with Gasteiger partial charge in [-0.25, -0.2) is 19.4 Å². The van der Waals surface area contributed by atoms with E-state index in [1.807, 2.05) is 6.92 Å². The van der Waals surface area contributed by atoms with Crippen LogP contribution in [-0.2, 0) is 6.42 Å². The van der Waals surface area contributed by atoms with Crippen molar-refractivity contribution < 1.29 is 9.90 Å². The molecule has 7 nitrogen and oxygen atoms in total. The zero-order valence-corrected chi connectivity index (χ0v) is 9.24. The van der Waals surface area contributed by atoms with Gasteiger partial charge < -0.3 is 5.11 Å². The molecule has 7 heteroatoms. The normalized spacial score (nSPS) is 10.4. The minimum absolute atomic E-state index is 0.0179. The largest absolute Gasteiger partial charge is 0.476 e. The van der Waals surface area contributed by atoms with Crippen LogP contribution in [0.1, 0.15) is 29.5 Å². The zero-order chi connectivity index (χ0) is 12.3. The van der Waals surface area contributed by atoms with E-state index in [0.29, 0.717) is 17.8 Å². The van der Waals surface area contributed by atoms with Crippen LogP contribution >= 0.6 is 0 Å². The molecule has 0 unspecified atom stereocenters. The highest BCUT2D eigenvalue weighted by atomic mass is 16.4. The molecule has 0 aliphatic carbocycles. The van der Waals surface area contributed by atoms with Crippen LogP contribution in [0.15, 0.2) is 18.7 Å². The highest BCUT2D eigenvalue weighted by Gasteiger charge is 2.19. The van der Waals surface area contributed by atoms with Gasteiger partial charge in [0.1, 0.15) is 12.0 Å². The Morgan fingerprint density at radius 1 is 1.41 bits per heavy atom. The van der Waals surface area contributed by atoms with Crippen molar-refractivity contribution in [2.75, 3.05) is 0 Å². The van der Waals surface area contributed by atoms with Gasteiger partial charge in [0.05, 0.1) is 18.1 Å². The molecule has 2 rings (SSSR count). The summed E-state index contributed by atoms with van der Waals surface area (Å²) in [6, 6.07) is 0. The fourth-order valence-corrected chi connectivity index (χ4v) is 1.54. The Kier molecular flexibility index (Phi) is 3.08. The molecule has 0 aliphatic heterocycles. The molecule has 17 heavy (non-hydrogen) atoms. The van der Waals surface area contributed by atoms with Gasteiger partial charge in [-0.2, -0.15) is 0 Å². The third kappa shape index (κ3) is 2.12. The quantitative estimate of drug-likeness (QED) is 0.835. The molecule has 2 heterocycles. The van der Waals surface area contributed by atoms with Gasteiger partial charge >= 0.3 is 5.97 Å². The number of nitrogens with zero attached hydrogens (tertiary/aromatic N) is 5. The number of carboxylic acids is 1. The van der Waals surface area contributed by atoms with Gasteiger partial charge in [-0.1, -0.05) is 18.6 Å². The maximum atomic E-state index is 11.0. The average Bonchev–Trinajstić information content (AvgIpc) is 2.75. The lowest BCUT2D eigenvalue weighted by Gasteiger charge is -2.04. The Morgan fingerprint density at radius 3 is 2.71 bits per heavy atom. The number of carboxylic acid groups (broad SMARTS) is 1. The molecule has 2 aromatic heterocycles. The zero-order valence-electron chi connectivity index (χ0n) is 9.24. The van der Waals surface area contributed by atoms with Crippen molar-refractivity contribution in [1.29, 1.82) is 0 Å². The van der Waals surface area contributed by atoms with Gasteiger partial charge in [-0.15, -0.1) is 5.10 Å². The van der Waals surface area contributed by atoms with E-state index in [1.54, 1.807) is 12.4 Å². The third-order valence-electron chi connectivity index (χ3n) is 2.24. The van der Waals surface area contributed by atoms with Crippen molar-refractivity contribution >= 4 is 5.97 Å². The molecule has 0 saturated heterocycles. The maximum absolute atomic E-state index is 11.0. The second-order valence-electron chi connectivity index (χ2n) is 3.45. The van der Waals surface area contributed by atoms with Crippen LogP contribution < -0.4 is 0 Å². The smallest absolute Gasteiger partial charge is 0.358 e. The summed E-state index contributed by atoms with van der Waals surface area (Å²) in [6.07, 6.45) is 5.92. The van der Waals surface area contributed by atoms with Crippen molar-refractivity contribution in [3.8, 4) is 5.69 Å². The lowest BCUT2D eigenvalue weighted by Crippen LogP contribution is -2.07. The van der Waals surface area contributed by atoms with E-state index in [9.17, 15) is 4.79 Å². The maximum Gasteiger partial charge on any atom is 0.358 e. The predicted molar refractivity (Wildman–Crippen MR) is 57.9 cm³/mol. The highest BCUT2D eigenvalue weighted by Crippen LogP contribution is 2.13. The molecule has 0 bridgehead atoms.